The lowest BCUT2D eigenvalue weighted by Crippen LogP contribution is -2.51. The third-order valence-electron chi connectivity index (χ3n) is 12.4. The topological polar surface area (TPSA) is 104 Å². The Labute approximate surface area is 352 Å². The summed E-state index contributed by atoms with van der Waals surface area (Å²) in [5, 5.41) is 13.1. The molecule has 11 heteroatoms. The van der Waals surface area contributed by atoms with E-state index >= 15 is 0 Å². The number of aromatic nitrogens is 1. The number of methoxy groups -OCH3 is 1. The van der Waals surface area contributed by atoms with Crippen molar-refractivity contribution in [3.63, 3.8) is 0 Å². The summed E-state index contributed by atoms with van der Waals surface area (Å²) in [4.78, 5) is 31.3. The highest BCUT2D eigenvalue weighted by atomic mass is 32.1. The van der Waals surface area contributed by atoms with Crippen molar-refractivity contribution >= 4 is 45.8 Å². The van der Waals surface area contributed by atoms with Crippen LogP contribution in [0.2, 0.25) is 36.3 Å². The molecule has 0 aliphatic heterocycles. The third-order valence-corrected chi connectivity index (χ3v) is 22.2. The summed E-state index contributed by atoms with van der Waals surface area (Å²) in [6.45, 7) is 34.8. The van der Waals surface area contributed by atoms with Crippen LogP contribution in [0.15, 0.2) is 47.4 Å². The van der Waals surface area contributed by atoms with E-state index in [1.807, 2.05) is 52.0 Å². The van der Waals surface area contributed by atoms with E-state index in [0.29, 0.717) is 0 Å². The molecule has 0 aliphatic rings. The first-order valence-corrected chi connectivity index (χ1v) is 27.4. The molecule has 57 heavy (non-hydrogen) atoms. The standard InChI is InChI=1S/C46H77NO7SSi2/c1-32(22-20-18-19-21-23-39(53-56(14,15)44(5,6)7)33(2)28-37-31-55-35(4)47-37)42(54-57(16,17)45(8,9)10)34(3)43(50)46(11,12)40(29-41(48)49)52-30-36-24-26-38(51-13)27-25-36/h19,21,24-28,31-32,34,39-40,42H,18,20,22-23,29-30H2,1-17H3,(H,48,49)/b21-19-,33-28+/t32-,34-,39-,40-,42+/m0/s1. The lowest BCUT2D eigenvalue weighted by Gasteiger charge is -2.44. The molecule has 2 rings (SSSR count). The molecule has 1 aromatic carbocycles. The SMILES string of the molecule is COc1ccc(CO[C@@H](CC(=O)O)C(C)(C)C(=O)[C@@H](C)[C@H](O[Si](C)(C)C(C)(C)C)[C@@H](C)CCC/C=C\C[C@H](O[Si](C)(C)C(C)(C)C)/C(C)=C/c2csc(C)n2)cc1. The number of unbranched alkanes of at least 4 members (excludes halogenated alkanes) is 1. The molecule has 0 unspecified atom stereocenters. The van der Waals surface area contributed by atoms with E-state index in [1.54, 1.807) is 18.4 Å². The number of carboxylic acid groups (broad SMARTS) is 1. The fourth-order valence-corrected chi connectivity index (χ4v) is 9.80. The maximum atomic E-state index is 14.6. The van der Waals surface area contributed by atoms with Crippen LogP contribution in [0.1, 0.15) is 125 Å². The van der Waals surface area contributed by atoms with Crippen molar-refractivity contribution in [1.29, 1.82) is 0 Å². The molecular formula is C46H77NO7SSi2. The maximum absolute atomic E-state index is 14.6. The molecule has 2 aromatic rings. The first-order chi connectivity index (χ1) is 26.1. The molecule has 0 radical (unpaired) electrons. The van der Waals surface area contributed by atoms with Gasteiger partial charge in [0.05, 0.1) is 54.6 Å². The summed E-state index contributed by atoms with van der Waals surface area (Å²) in [7, 11) is -2.70. The van der Waals surface area contributed by atoms with Crippen molar-refractivity contribution in [3.05, 3.63) is 63.6 Å². The number of aryl methyl sites for hydroxylation is 1. The average Bonchev–Trinajstić information content (AvgIpc) is 3.51. The molecular weight excluding hydrogens is 767 g/mol. The molecule has 0 fully saturated rings. The number of nitrogens with zero attached hydrogens (tertiary/aromatic N) is 1. The number of carbonyl (C=O) groups excluding carboxylic acids is 1. The second-order valence-corrected chi connectivity index (χ2v) is 30.2. The Balaban J connectivity index is 2.25. The smallest absolute Gasteiger partial charge is 0.306 e. The van der Waals surface area contributed by atoms with E-state index in [4.69, 9.17) is 18.3 Å². The predicted molar refractivity (Wildman–Crippen MR) is 243 cm³/mol. The van der Waals surface area contributed by atoms with Crippen LogP contribution in [0.25, 0.3) is 6.08 Å². The first kappa shape index (κ1) is 50.7. The van der Waals surface area contributed by atoms with E-state index in [2.05, 4.69) is 110 Å². The van der Waals surface area contributed by atoms with Gasteiger partial charge in [-0.05, 0) is 111 Å². The lowest BCUT2D eigenvalue weighted by atomic mass is 9.73. The van der Waals surface area contributed by atoms with Crippen LogP contribution in [0, 0.1) is 24.2 Å². The number of ketones is 1. The number of benzene rings is 1. The molecule has 0 amide bonds. The highest BCUT2D eigenvalue weighted by Crippen LogP contribution is 2.42. The summed E-state index contributed by atoms with van der Waals surface area (Å²) >= 11 is 1.66. The molecule has 0 saturated heterocycles. The van der Waals surface area contributed by atoms with Gasteiger partial charge in [-0.1, -0.05) is 93.5 Å². The zero-order valence-corrected chi connectivity index (χ0v) is 41.3. The van der Waals surface area contributed by atoms with Crippen LogP contribution in [-0.2, 0) is 29.8 Å². The van der Waals surface area contributed by atoms with Crippen LogP contribution >= 0.6 is 11.3 Å². The number of thiazole rings is 1. The van der Waals surface area contributed by atoms with E-state index in [9.17, 15) is 14.7 Å². The average molecular weight is 844 g/mol. The minimum atomic E-state index is -2.28. The van der Waals surface area contributed by atoms with Crippen molar-refractivity contribution in [1.82, 2.24) is 4.98 Å². The van der Waals surface area contributed by atoms with Gasteiger partial charge in [-0.3, -0.25) is 9.59 Å². The van der Waals surface area contributed by atoms with E-state index < -0.39 is 40.0 Å². The highest BCUT2D eigenvalue weighted by molar-refractivity contribution is 7.09. The molecule has 0 saturated carbocycles. The van der Waals surface area contributed by atoms with Gasteiger partial charge < -0.3 is 23.4 Å². The van der Waals surface area contributed by atoms with Gasteiger partial charge in [0.1, 0.15) is 11.5 Å². The van der Waals surface area contributed by atoms with Crippen LogP contribution in [0.4, 0.5) is 0 Å². The number of allylic oxidation sites excluding steroid dienone is 1. The van der Waals surface area contributed by atoms with Gasteiger partial charge >= 0.3 is 5.97 Å². The molecule has 8 nitrogen and oxygen atoms in total. The van der Waals surface area contributed by atoms with Crippen LogP contribution < -0.4 is 4.74 Å². The molecule has 322 valence electrons. The molecule has 0 spiro atoms. The second kappa shape index (κ2) is 21.2. The number of rotatable bonds is 23. The van der Waals surface area contributed by atoms with Crippen molar-refractivity contribution in [3.8, 4) is 5.75 Å². The Hall–Kier alpha value is -2.42. The summed E-state index contributed by atoms with van der Waals surface area (Å²) < 4.78 is 25.6. The Morgan fingerprint density at radius 1 is 0.912 bits per heavy atom. The number of carboxylic acids is 1. The summed E-state index contributed by atoms with van der Waals surface area (Å²) in [6.07, 6.45) is 8.80. The Morgan fingerprint density at radius 2 is 1.49 bits per heavy atom. The normalized spacial score (nSPS) is 16.3. The van der Waals surface area contributed by atoms with Gasteiger partial charge in [-0.15, -0.1) is 11.3 Å². The Kier molecular flexibility index (Phi) is 18.9. The van der Waals surface area contributed by atoms with Gasteiger partial charge in [-0.25, -0.2) is 4.98 Å². The molecule has 5 atom stereocenters. The van der Waals surface area contributed by atoms with Gasteiger partial charge in [0.25, 0.3) is 0 Å². The maximum Gasteiger partial charge on any atom is 0.306 e. The number of Topliss-reactive ketones (excluding diaryl/α,β-unsaturated/α-hetero) is 1. The van der Waals surface area contributed by atoms with Crippen LogP contribution in [0.3, 0.4) is 0 Å². The van der Waals surface area contributed by atoms with Crippen molar-refractivity contribution in [2.45, 2.75) is 176 Å². The minimum absolute atomic E-state index is 0.0224. The molecule has 1 aromatic heterocycles. The van der Waals surface area contributed by atoms with Gasteiger partial charge in [-0.2, -0.15) is 0 Å². The van der Waals surface area contributed by atoms with Crippen molar-refractivity contribution < 1.29 is 33.0 Å². The second-order valence-electron chi connectivity index (χ2n) is 19.6. The van der Waals surface area contributed by atoms with Crippen LogP contribution in [-0.4, -0.2) is 63.9 Å². The fraction of sp³-hybridized carbons (Fsp3) is 0.674. The quantitative estimate of drug-likeness (QED) is 0.0670. The number of ether oxygens (including phenoxy) is 2. The van der Waals surface area contributed by atoms with E-state index in [-0.39, 0.29) is 47.0 Å². The zero-order chi connectivity index (χ0) is 43.6. The summed E-state index contributed by atoms with van der Waals surface area (Å²) in [6, 6.07) is 7.46. The number of hydrogen-bond acceptors (Lipinski definition) is 8. The number of carbonyl (C=O) groups is 2. The highest BCUT2D eigenvalue weighted by Gasteiger charge is 2.47. The molecule has 1 N–H and O–H groups in total. The fourth-order valence-electron chi connectivity index (χ4n) is 6.41. The molecule has 0 bridgehead atoms. The monoisotopic (exact) mass is 843 g/mol. The number of aliphatic carboxylic acids is 1. The lowest BCUT2D eigenvalue weighted by molar-refractivity contribution is -0.152. The molecule has 1 heterocycles. The van der Waals surface area contributed by atoms with Gasteiger partial charge in [0.2, 0.25) is 0 Å². The zero-order valence-electron chi connectivity index (χ0n) is 38.5. The van der Waals surface area contributed by atoms with Crippen molar-refractivity contribution in [2.24, 2.45) is 17.3 Å². The van der Waals surface area contributed by atoms with Gasteiger partial charge in [0, 0.05) is 11.3 Å². The summed E-state index contributed by atoms with van der Waals surface area (Å²) in [5.74, 6) is -0.684. The predicted octanol–water partition coefficient (Wildman–Crippen LogP) is 12.7. The largest absolute Gasteiger partial charge is 0.497 e. The molecule has 0 aliphatic carbocycles. The van der Waals surface area contributed by atoms with Crippen molar-refractivity contribution in [2.75, 3.05) is 7.11 Å². The van der Waals surface area contributed by atoms with E-state index in [0.717, 1.165) is 47.7 Å². The summed E-state index contributed by atoms with van der Waals surface area (Å²) in [5.41, 5.74) is 1.98. The van der Waals surface area contributed by atoms with Crippen LogP contribution in [0.5, 0.6) is 5.75 Å². The van der Waals surface area contributed by atoms with Gasteiger partial charge in [0.15, 0.2) is 16.6 Å². The first-order valence-electron chi connectivity index (χ1n) is 20.7. The van der Waals surface area contributed by atoms with E-state index in [1.165, 1.54) is 5.57 Å². The number of hydrogen-bond donors (Lipinski definition) is 1. The minimum Gasteiger partial charge on any atom is -0.497 e. The third kappa shape index (κ3) is 15.3. The Morgan fingerprint density at radius 3 is 2.00 bits per heavy atom. The Bertz CT molecular complexity index is 1630.